The third kappa shape index (κ3) is 4.16. The average molecular weight is 446 g/mol. The van der Waals surface area contributed by atoms with Crippen LogP contribution in [0, 0.1) is 25.5 Å². The summed E-state index contributed by atoms with van der Waals surface area (Å²) in [5, 5.41) is 3.10. The molecule has 6 heteroatoms. The van der Waals surface area contributed by atoms with E-state index >= 15 is 0 Å². The molecule has 0 atom stereocenters. The molecule has 1 aliphatic rings. The molecule has 4 nitrogen and oxygen atoms in total. The lowest BCUT2D eigenvalue weighted by Gasteiger charge is -2.16. The third-order valence-corrected chi connectivity index (χ3v) is 5.89. The number of hydrogen-bond acceptors (Lipinski definition) is 3. The zero-order valence-corrected chi connectivity index (χ0v) is 18.9. The number of halogens is 2. The number of imide groups is 1. The standard InChI is InChI=1S/C27H24F2N2O2/c1-15(2)18-7-9-20(10-8-18)30-25-24(19-6-5-16(3)17(4)13-19)26(32)31(27(25)33)21-11-12-22(28)23(29)14-21/h5-15,30H,1-4H3. The van der Waals surface area contributed by atoms with Gasteiger partial charge < -0.3 is 5.32 Å². The number of carbonyl (C=O) groups is 2. The molecule has 0 saturated heterocycles. The predicted molar refractivity (Wildman–Crippen MR) is 126 cm³/mol. The van der Waals surface area contributed by atoms with Gasteiger partial charge in [0.25, 0.3) is 11.8 Å². The van der Waals surface area contributed by atoms with Gasteiger partial charge in [-0.25, -0.2) is 13.7 Å². The molecule has 4 rings (SSSR count). The minimum atomic E-state index is -1.13. The van der Waals surface area contributed by atoms with E-state index < -0.39 is 23.4 Å². The van der Waals surface area contributed by atoms with Gasteiger partial charge in [0.2, 0.25) is 0 Å². The normalized spacial score (nSPS) is 14.0. The fraction of sp³-hybridized carbons (Fsp3) is 0.185. The summed E-state index contributed by atoms with van der Waals surface area (Å²) in [6, 6.07) is 16.1. The zero-order chi connectivity index (χ0) is 23.9. The summed E-state index contributed by atoms with van der Waals surface area (Å²) in [5.74, 6) is -3.07. The van der Waals surface area contributed by atoms with Crippen molar-refractivity contribution in [1.82, 2.24) is 0 Å². The zero-order valence-electron chi connectivity index (χ0n) is 18.9. The van der Waals surface area contributed by atoms with Gasteiger partial charge in [0.05, 0.1) is 11.3 Å². The maximum absolute atomic E-state index is 13.9. The van der Waals surface area contributed by atoms with E-state index in [0.717, 1.165) is 33.7 Å². The van der Waals surface area contributed by atoms with E-state index in [1.165, 1.54) is 6.07 Å². The van der Waals surface area contributed by atoms with Crippen molar-refractivity contribution in [2.45, 2.75) is 33.6 Å². The van der Waals surface area contributed by atoms with Crippen LogP contribution < -0.4 is 10.2 Å². The molecule has 33 heavy (non-hydrogen) atoms. The van der Waals surface area contributed by atoms with Crippen molar-refractivity contribution in [2.24, 2.45) is 0 Å². The summed E-state index contributed by atoms with van der Waals surface area (Å²) in [5.41, 5.74) is 4.61. The van der Waals surface area contributed by atoms with Gasteiger partial charge in [0.1, 0.15) is 5.70 Å². The second-order valence-electron chi connectivity index (χ2n) is 8.49. The lowest BCUT2D eigenvalue weighted by atomic mass is 9.99. The Morgan fingerprint density at radius 3 is 2.09 bits per heavy atom. The first-order chi connectivity index (χ1) is 15.7. The van der Waals surface area contributed by atoms with E-state index in [9.17, 15) is 18.4 Å². The van der Waals surface area contributed by atoms with Gasteiger partial charge in [-0.2, -0.15) is 0 Å². The van der Waals surface area contributed by atoms with Gasteiger partial charge >= 0.3 is 0 Å². The van der Waals surface area contributed by atoms with E-state index in [1.807, 2.05) is 50.2 Å². The highest BCUT2D eigenvalue weighted by atomic mass is 19.2. The first-order valence-electron chi connectivity index (χ1n) is 10.7. The first-order valence-corrected chi connectivity index (χ1v) is 10.7. The summed E-state index contributed by atoms with van der Waals surface area (Å²) in [7, 11) is 0. The largest absolute Gasteiger partial charge is 0.350 e. The van der Waals surface area contributed by atoms with Crippen LogP contribution >= 0.6 is 0 Å². The maximum atomic E-state index is 13.9. The molecule has 0 bridgehead atoms. The van der Waals surface area contributed by atoms with Crippen LogP contribution in [0.5, 0.6) is 0 Å². The molecule has 3 aromatic carbocycles. The molecule has 0 spiro atoms. The number of nitrogens with zero attached hydrogens (tertiary/aromatic N) is 1. The molecule has 2 amide bonds. The molecule has 0 aliphatic carbocycles. The molecule has 0 radical (unpaired) electrons. The number of anilines is 2. The summed E-state index contributed by atoms with van der Waals surface area (Å²) in [6.07, 6.45) is 0. The van der Waals surface area contributed by atoms with Crippen LogP contribution in [0.2, 0.25) is 0 Å². The van der Waals surface area contributed by atoms with Gasteiger partial charge in [-0.15, -0.1) is 0 Å². The molecule has 0 fully saturated rings. The second kappa shape index (κ2) is 8.62. The Labute approximate surface area is 191 Å². The second-order valence-corrected chi connectivity index (χ2v) is 8.49. The number of hydrogen-bond donors (Lipinski definition) is 1. The van der Waals surface area contributed by atoms with Crippen molar-refractivity contribution in [3.63, 3.8) is 0 Å². The summed E-state index contributed by atoms with van der Waals surface area (Å²) < 4.78 is 27.4. The first kappa shape index (κ1) is 22.4. The smallest absolute Gasteiger partial charge is 0.282 e. The molecular weight excluding hydrogens is 422 g/mol. The Balaban J connectivity index is 1.81. The van der Waals surface area contributed by atoms with Crippen LogP contribution in [0.1, 0.15) is 42.0 Å². The predicted octanol–water partition coefficient (Wildman–Crippen LogP) is 6.10. The lowest BCUT2D eigenvalue weighted by Crippen LogP contribution is -2.32. The highest BCUT2D eigenvalue weighted by Crippen LogP contribution is 2.35. The summed E-state index contributed by atoms with van der Waals surface area (Å²) >= 11 is 0. The molecule has 0 unspecified atom stereocenters. The summed E-state index contributed by atoms with van der Waals surface area (Å²) in [6.45, 7) is 8.05. The summed E-state index contributed by atoms with van der Waals surface area (Å²) in [4.78, 5) is 27.7. The number of nitrogens with one attached hydrogen (secondary N) is 1. The Bertz CT molecular complexity index is 1290. The van der Waals surface area contributed by atoms with Gasteiger partial charge in [0.15, 0.2) is 11.6 Å². The molecule has 168 valence electrons. The van der Waals surface area contributed by atoms with Crippen molar-refractivity contribution >= 4 is 28.8 Å². The van der Waals surface area contributed by atoms with Gasteiger partial charge in [0, 0.05) is 11.8 Å². The fourth-order valence-electron chi connectivity index (χ4n) is 3.76. The van der Waals surface area contributed by atoms with Crippen LogP contribution in [-0.4, -0.2) is 11.8 Å². The van der Waals surface area contributed by atoms with Crippen LogP contribution in [-0.2, 0) is 9.59 Å². The van der Waals surface area contributed by atoms with Crippen molar-refractivity contribution in [3.05, 3.63) is 100 Å². The van der Waals surface area contributed by atoms with E-state index in [2.05, 4.69) is 19.2 Å². The lowest BCUT2D eigenvalue weighted by molar-refractivity contribution is -0.120. The molecule has 0 saturated carbocycles. The highest BCUT2D eigenvalue weighted by molar-refractivity contribution is 6.46. The Morgan fingerprint density at radius 2 is 1.48 bits per heavy atom. The van der Waals surface area contributed by atoms with Crippen LogP contribution in [0.15, 0.2) is 66.4 Å². The SMILES string of the molecule is Cc1ccc(C2=C(Nc3ccc(C(C)C)cc3)C(=O)N(c3ccc(F)c(F)c3)C2=O)cc1C. The molecule has 3 aromatic rings. The minimum absolute atomic E-state index is 0.0304. The van der Waals surface area contributed by atoms with Crippen LogP contribution in [0.3, 0.4) is 0 Å². The number of aryl methyl sites for hydroxylation is 2. The molecule has 1 aliphatic heterocycles. The van der Waals surface area contributed by atoms with E-state index in [-0.39, 0.29) is 17.0 Å². The van der Waals surface area contributed by atoms with Gasteiger partial charge in [-0.1, -0.05) is 44.2 Å². The molecule has 1 N–H and O–H groups in total. The molecular formula is C27H24F2N2O2. The number of benzene rings is 3. The van der Waals surface area contributed by atoms with Crippen molar-refractivity contribution in [1.29, 1.82) is 0 Å². The van der Waals surface area contributed by atoms with Crippen LogP contribution in [0.4, 0.5) is 20.2 Å². The Morgan fingerprint density at radius 1 is 0.788 bits per heavy atom. The fourth-order valence-corrected chi connectivity index (χ4v) is 3.76. The molecule has 1 heterocycles. The maximum Gasteiger partial charge on any atom is 0.282 e. The molecule has 0 aromatic heterocycles. The minimum Gasteiger partial charge on any atom is -0.350 e. The van der Waals surface area contributed by atoms with E-state index in [0.29, 0.717) is 17.2 Å². The Hall–Kier alpha value is -3.80. The Kier molecular flexibility index (Phi) is 5.85. The van der Waals surface area contributed by atoms with Gasteiger partial charge in [-0.05, 0) is 66.3 Å². The number of rotatable bonds is 5. The monoisotopic (exact) mass is 446 g/mol. The van der Waals surface area contributed by atoms with Gasteiger partial charge in [-0.3, -0.25) is 9.59 Å². The number of amides is 2. The van der Waals surface area contributed by atoms with Crippen molar-refractivity contribution in [3.8, 4) is 0 Å². The topological polar surface area (TPSA) is 49.4 Å². The highest BCUT2D eigenvalue weighted by Gasteiger charge is 2.40. The number of carbonyl (C=O) groups excluding carboxylic acids is 2. The van der Waals surface area contributed by atoms with Crippen molar-refractivity contribution in [2.75, 3.05) is 10.2 Å². The van der Waals surface area contributed by atoms with E-state index in [1.54, 1.807) is 6.07 Å². The van der Waals surface area contributed by atoms with Crippen LogP contribution in [0.25, 0.3) is 5.57 Å². The quantitative estimate of drug-likeness (QED) is 0.482. The van der Waals surface area contributed by atoms with Crippen molar-refractivity contribution < 1.29 is 18.4 Å². The van der Waals surface area contributed by atoms with E-state index in [4.69, 9.17) is 0 Å². The third-order valence-electron chi connectivity index (χ3n) is 5.89. The average Bonchev–Trinajstić information content (AvgIpc) is 3.02.